The quantitative estimate of drug-likeness (QED) is 0.327. The van der Waals surface area contributed by atoms with Crippen LogP contribution in [0, 0.1) is 13.8 Å². The molecular formula is C31H28N2O2. The summed E-state index contributed by atoms with van der Waals surface area (Å²) in [5.41, 5.74) is 7.40. The number of ether oxygens (including phenoxy) is 1. The van der Waals surface area contributed by atoms with Crippen molar-refractivity contribution in [3.05, 3.63) is 125 Å². The highest BCUT2D eigenvalue weighted by Crippen LogP contribution is 2.47. The number of carbonyl (C=O) groups excluding carboxylic acids is 1. The van der Waals surface area contributed by atoms with Crippen molar-refractivity contribution in [2.45, 2.75) is 26.4 Å². The number of hydrogen-bond acceptors (Lipinski definition) is 3. The first-order valence-corrected chi connectivity index (χ1v) is 11.7. The SMILES string of the molecule is CC(=O)Nc1ccc(Nc2cc(C)c(C)c3c2OC(c2ccccc2)(c2ccccc2)C=C3)cc1. The maximum absolute atomic E-state index is 11.4. The number of fused-ring (bicyclic) bond motifs is 1. The van der Waals surface area contributed by atoms with Gasteiger partial charge in [-0.3, -0.25) is 4.79 Å². The molecule has 0 spiro atoms. The van der Waals surface area contributed by atoms with Crippen molar-refractivity contribution < 1.29 is 9.53 Å². The molecule has 1 amide bonds. The third kappa shape index (κ3) is 4.31. The summed E-state index contributed by atoms with van der Waals surface area (Å²) in [7, 11) is 0. The molecule has 1 aliphatic heterocycles. The van der Waals surface area contributed by atoms with Crippen molar-refractivity contribution in [3.8, 4) is 5.75 Å². The van der Waals surface area contributed by atoms with Crippen LogP contribution in [0.1, 0.15) is 34.7 Å². The maximum atomic E-state index is 11.4. The molecule has 0 fully saturated rings. The molecule has 4 heteroatoms. The fourth-order valence-electron chi connectivity index (χ4n) is 4.56. The third-order valence-corrected chi connectivity index (χ3v) is 6.48. The minimum atomic E-state index is -0.747. The Morgan fingerprint density at radius 3 is 1.94 bits per heavy atom. The van der Waals surface area contributed by atoms with Crippen LogP contribution in [0.3, 0.4) is 0 Å². The number of amides is 1. The van der Waals surface area contributed by atoms with Gasteiger partial charge in [0.05, 0.1) is 5.69 Å². The zero-order valence-corrected chi connectivity index (χ0v) is 20.1. The van der Waals surface area contributed by atoms with Gasteiger partial charge in [-0.15, -0.1) is 0 Å². The molecule has 0 aliphatic carbocycles. The Morgan fingerprint density at radius 2 is 1.37 bits per heavy atom. The van der Waals surface area contributed by atoms with Gasteiger partial charge in [-0.25, -0.2) is 0 Å². The molecule has 35 heavy (non-hydrogen) atoms. The van der Waals surface area contributed by atoms with E-state index in [0.29, 0.717) is 0 Å². The fourth-order valence-corrected chi connectivity index (χ4v) is 4.56. The van der Waals surface area contributed by atoms with Crippen molar-refractivity contribution in [3.63, 3.8) is 0 Å². The lowest BCUT2D eigenvalue weighted by Crippen LogP contribution is -2.34. The van der Waals surface area contributed by atoms with E-state index in [4.69, 9.17) is 4.74 Å². The first-order chi connectivity index (χ1) is 17.0. The Bertz CT molecular complexity index is 1350. The predicted octanol–water partition coefficient (Wildman–Crippen LogP) is 7.35. The number of nitrogens with one attached hydrogen (secondary N) is 2. The van der Waals surface area contributed by atoms with Gasteiger partial charge >= 0.3 is 0 Å². The number of rotatable bonds is 5. The van der Waals surface area contributed by atoms with Crippen LogP contribution in [0.15, 0.2) is 97.1 Å². The molecule has 0 saturated heterocycles. The second-order valence-electron chi connectivity index (χ2n) is 8.90. The van der Waals surface area contributed by atoms with E-state index in [-0.39, 0.29) is 5.91 Å². The number of anilines is 3. The molecule has 4 aromatic carbocycles. The van der Waals surface area contributed by atoms with E-state index in [0.717, 1.165) is 39.5 Å². The van der Waals surface area contributed by atoms with E-state index in [9.17, 15) is 4.79 Å². The molecule has 0 bridgehead atoms. The van der Waals surface area contributed by atoms with Gasteiger partial charge in [0.2, 0.25) is 5.91 Å². The lowest BCUT2D eigenvalue weighted by atomic mass is 9.83. The summed E-state index contributed by atoms with van der Waals surface area (Å²) in [6.45, 7) is 5.75. The summed E-state index contributed by atoms with van der Waals surface area (Å²) in [6.07, 6.45) is 4.35. The van der Waals surface area contributed by atoms with Crippen molar-refractivity contribution in [2.75, 3.05) is 10.6 Å². The van der Waals surface area contributed by atoms with Crippen LogP contribution >= 0.6 is 0 Å². The highest BCUT2D eigenvalue weighted by molar-refractivity contribution is 5.89. The Morgan fingerprint density at radius 1 is 0.800 bits per heavy atom. The van der Waals surface area contributed by atoms with Crippen LogP contribution in [-0.4, -0.2) is 5.91 Å². The fraction of sp³-hybridized carbons (Fsp3) is 0.129. The minimum Gasteiger partial charge on any atom is -0.471 e. The lowest BCUT2D eigenvalue weighted by molar-refractivity contribution is -0.114. The number of carbonyl (C=O) groups is 1. The first-order valence-electron chi connectivity index (χ1n) is 11.7. The molecule has 4 aromatic rings. The molecule has 2 N–H and O–H groups in total. The average Bonchev–Trinajstić information content (AvgIpc) is 2.88. The van der Waals surface area contributed by atoms with Gasteiger partial charge in [0, 0.05) is 35.0 Å². The average molecular weight is 461 g/mol. The molecule has 0 saturated carbocycles. The molecule has 5 rings (SSSR count). The highest BCUT2D eigenvalue weighted by Gasteiger charge is 2.38. The molecule has 174 valence electrons. The van der Waals surface area contributed by atoms with Crippen molar-refractivity contribution in [2.24, 2.45) is 0 Å². The largest absolute Gasteiger partial charge is 0.471 e. The number of hydrogen-bond donors (Lipinski definition) is 2. The Balaban J connectivity index is 1.60. The van der Waals surface area contributed by atoms with Crippen LogP contribution in [0.5, 0.6) is 5.75 Å². The van der Waals surface area contributed by atoms with Crippen LogP contribution in [0.25, 0.3) is 6.08 Å². The van der Waals surface area contributed by atoms with Gasteiger partial charge in [-0.2, -0.15) is 0 Å². The Labute approximate surface area is 206 Å². The molecule has 0 unspecified atom stereocenters. The molecular weight excluding hydrogens is 432 g/mol. The van der Waals surface area contributed by atoms with Crippen LogP contribution in [0.2, 0.25) is 0 Å². The van der Waals surface area contributed by atoms with Crippen LogP contribution < -0.4 is 15.4 Å². The maximum Gasteiger partial charge on any atom is 0.221 e. The lowest BCUT2D eigenvalue weighted by Gasteiger charge is -2.37. The third-order valence-electron chi connectivity index (χ3n) is 6.48. The summed E-state index contributed by atoms with van der Waals surface area (Å²) >= 11 is 0. The smallest absolute Gasteiger partial charge is 0.221 e. The number of benzene rings is 4. The zero-order chi connectivity index (χ0) is 24.4. The molecule has 1 aliphatic rings. The monoisotopic (exact) mass is 460 g/mol. The van der Waals surface area contributed by atoms with Gasteiger partial charge in [0.25, 0.3) is 0 Å². The van der Waals surface area contributed by atoms with E-state index in [1.807, 2.05) is 60.7 Å². The minimum absolute atomic E-state index is 0.0905. The molecule has 1 heterocycles. The van der Waals surface area contributed by atoms with E-state index in [1.165, 1.54) is 18.1 Å². The van der Waals surface area contributed by atoms with Crippen molar-refractivity contribution >= 4 is 29.0 Å². The topological polar surface area (TPSA) is 50.4 Å². The molecule has 4 nitrogen and oxygen atoms in total. The summed E-state index contributed by atoms with van der Waals surface area (Å²) in [5, 5.41) is 6.36. The van der Waals surface area contributed by atoms with Crippen LogP contribution in [0.4, 0.5) is 17.1 Å². The van der Waals surface area contributed by atoms with Crippen molar-refractivity contribution in [1.29, 1.82) is 0 Å². The van der Waals surface area contributed by atoms with Crippen molar-refractivity contribution in [1.82, 2.24) is 0 Å². The van der Waals surface area contributed by atoms with E-state index in [1.54, 1.807) is 0 Å². The zero-order valence-electron chi connectivity index (χ0n) is 20.1. The molecule has 0 aromatic heterocycles. The van der Waals surface area contributed by atoms with E-state index >= 15 is 0 Å². The highest BCUT2D eigenvalue weighted by atomic mass is 16.5. The van der Waals surface area contributed by atoms with Gasteiger partial charge in [0.1, 0.15) is 0 Å². The standard InChI is InChI=1S/C31H28N2O2/c1-21-20-29(33-27-16-14-26(15-17-27)32-23(3)34)30-28(22(21)2)18-19-31(35-30,24-10-6-4-7-11-24)25-12-8-5-9-13-25/h4-20,33H,1-3H3,(H,32,34). The molecule has 0 atom stereocenters. The Kier molecular flexibility index (Phi) is 5.87. The van der Waals surface area contributed by atoms with E-state index in [2.05, 4.69) is 67.0 Å². The van der Waals surface area contributed by atoms with Gasteiger partial charge in [0.15, 0.2) is 11.4 Å². The predicted molar refractivity (Wildman–Crippen MR) is 143 cm³/mol. The second-order valence-corrected chi connectivity index (χ2v) is 8.90. The number of aryl methyl sites for hydroxylation is 1. The van der Waals surface area contributed by atoms with Gasteiger partial charge in [-0.1, -0.05) is 66.7 Å². The first kappa shape index (κ1) is 22.5. The normalized spacial score (nSPS) is 13.5. The van der Waals surface area contributed by atoms with Crippen LogP contribution in [-0.2, 0) is 10.4 Å². The van der Waals surface area contributed by atoms with Gasteiger partial charge in [-0.05, 0) is 61.4 Å². The summed E-state index contributed by atoms with van der Waals surface area (Å²) in [4.78, 5) is 11.4. The summed E-state index contributed by atoms with van der Waals surface area (Å²) < 4.78 is 7.00. The Hall–Kier alpha value is -4.31. The summed E-state index contributed by atoms with van der Waals surface area (Å²) in [5.74, 6) is 0.724. The summed E-state index contributed by atoms with van der Waals surface area (Å²) in [6, 6.07) is 30.5. The molecule has 0 radical (unpaired) electrons. The second kappa shape index (κ2) is 9.15. The van der Waals surface area contributed by atoms with Gasteiger partial charge < -0.3 is 15.4 Å². The van der Waals surface area contributed by atoms with E-state index < -0.39 is 5.60 Å².